The van der Waals surface area contributed by atoms with Crippen molar-refractivity contribution in [2.24, 2.45) is 5.92 Å². The molecule has 0 bridgehead atoms. The van der Waals surface area contributed by atoms with Crippen LogP contribution in [0.1, 0.15) is 18.9 Å². The van der Waals surface area contributed by atoms with Crippen molar-refractivity contribution in [2.45, 2.75) is 30.3 Å². The Bertz CT molecular complexity index is 648. The Morgan fingerprint density at radius 2 is 2.00 bits per heavy atom. The highest BCUT2D eigenvalue weighted by atomic mass is 32.2. The maximum Gasteiger partial charge on any atom is 0.243 e. The average Bonchev–Trinajstić information content (AvgIpc) is 2.98. The van der Waals surface area contributed by atoms with Crippen molar-refractivity contribution in [3.8, 4) is 6.07 Å². The number of hydrogen-bond acceptors (Lipinski definition) is 4. The second kappa shape index (κ2) is 4.85. The van der Waals surface area contributed by atoms with Gasteiger partial charge < -0.3 is 5.32 Å². The summed E-state index contributed by atoms with van der Waals surface area (Å²) < 4.78 is 27.3. The molecule has 2 heterocycles. The minimum Gasteiger partial charge on any atom is -0.315 e. The molecule has 2 aliphatic heterocycles. The topological polar surface area (TPSA) is 73.2 Å². The van der Waals surface area contributed by atoms with Crippen LogP contribution >= 0.6 is 0 Å². The molecule has 106 valence electrons. The lowest BCUT2D eigenvalue weighted by atomic mass is 10.0. The van der Waals surface area contributed by atoms with E-state index < -0.39 is 10.0 Å². The third-order valence-corrected chi connectivity index (χ3v) is 6.32. The van der Waals surface area contributed by atoms with E-state index in [4.69, 9.17) is 5.26 Å². The van der Waals surface area contributed by atoms with Crippen molar-refractivity contribution < 1.29 is 8.42 Å². The molecule has 3 atom stereocenters. The first-order valence-electron chi connectivity index (χ1n) is 6.78. The Labute approximate surface area is 119 Å². The van der Waals surface area contributed by atoms with Crippen molar-refractivity contribution >= 4 is 10.0 Å². The summed E-state index contributed by atoms with van der Waals surface area (Å²) in [5.41, 5.74) is 0.471. The molecule has 2 fully saturated rings. The molecule has 0 radical (unpaired) electrons. The number of hydrogen-bond donors (Lipinski definition) is 1. The standard InChI is InChI=1S/C14H17N3O2S/c1-10-6-12-8-16-9-14(12)17(10)20(18,19)13-4-2-11(7-15)3-5-13/h2-5,10,12,14,16H,6,8-9H2,1H3. The van der Waals surface area contributed by atoms with Crippen LogP contribution in [0.2, 0.25) is 0 Å². The van der Waals surface area contributed by atoms with Gasteiger partial charge in [-0.15, -0.1) is 0 Å². The van der Waals surface area contributed by atoms with Crippen LogP contribution in [-0.2, 0) is 10.0 Å². The zero-order valence-electron chi connectivity index (χ0n) is 11.3. The van der Waals surface area contributed by atoms with Crippen LogP contribution in [0, 0.1) is 17.2 Å². The number of nitrogens with zero attached hydrogens (tertiary/aromatic N) is 2. The Hall–Kier alpha value is -1.42. The van der Waals surface area contributed by atoms with Gasteiger partial charge in [-0.3, -0.25) is 0 Å². The van der Waals surface area contributed by atoms with E-state index in [1.54, 1.807) is 16.4 Å². The van der Waals surface area contributed by atoms with Gasteiger partial charge in [0.05, 0.1) is 16.5 Å². The highest BCUT2D eigenvalue weighted by molar-refractivity contribution is 7.89. The summed E-state index contributed by atoms with van der Waals surface area (Å²) in [6.07, 6.45) is 0.910. The predicted octanol–water partition coefficient (Wildman–Crippen LogP) is 0.929. The zero-order chi connectivity index (χ0) is 14.3. The first-order chi connectivity index (χ1) is 9.54. The Morgan fingerprint density at radius 3 is 2.65 bits per heavy atom. The molecule has 0 aliphatic carbocycles. The first kappa shape index (κ1) is 13.6. The lowest BCUT2D eigenvalue weighted by Crippen LogP contribution is -2.42. The maximum atomic E-state index is 12.8. The van der Waals surface area contributed by atoms with Gasteiger partial charge in [0.1, 0.15) is 0 Å². The SMILES string of the molecule is CC1CC2CNCC2N1S(=O)(=O)c1ccc(C#N)cc1. The van der Waals surface area contributed by atoms with Gasteiger partial charge in [-0.25, -0.2) is 8.42 Å². The van der Waals surface area contributed by atoms with E-state index >= 15 is 0 Å². The quantitative estimate of drug-likeness (QED) is 0.879. The minimum absolute atomic E-state index is 0.0349. The fraction of sp³-hybridized carbons (Fsp3) is 0.500. The molecule has 5 nitrogen and oxygen atoms in total. The van der Waals surface area contributed by atoms with E-state index in [1.807, 2.05) is 13.0 Å². The summed E-state index contributed by atoms with van der Waals surface area (Å²) >= 11 is 0. The maximum absolute atomic E-state index is 12.8. The number of nitrogens with one attached hydrogen (secondary N) is 1. The molecule has 2 saturated heterocycles. The van der Waals surface area contributed by atoms with Crippen LogP contribution in [-0.4, -0.2) is 37.9 Å². The van der Waals surface area contributed by atoms with Crippen molar-refractivity contribution in [1.82, 2.24) is 9.62 Å². The molecule has 3 unspecified atom stereocenters. The third-order valence-electron chi connectivity index (χ3n) is 4.27. The summed E-state index contributed by atoms with van der Waals surface area (Å²) in [6.45, 7) is 3.60. The van der Waals surface area contributed by atoms with E-state index in [2.05, 4.69) is 5.32 Å². The fourth-order valence-electron chi connectivity index (χ4n) is 3.36. The second-order valence-electron chi connectivity index (χ2n) is 5.54. The number of rotatable bonds is 2. The largest absolute Gasteiger partial charge is 0.315 e. The summed E-state index contributed by atoms with van der Waals surface area (Å²) in [5, 5.41) is 12.1. The Balaban J connectivity index is 1.96. The van der Waals surface area contributed by atoms with Gasteiger partial charge in [0.15, 0.2) is 0 Å². The molecule has 1 aromatic rings. The van der Waals surface area contributed by atoms with Crippen molar-refractivity contribution in [2.75, 3.05) is 13.1 Å². The number of sulfonamides is 1. The van der Waals surface area contributed by atoms with Gasteiger partial charge in [-0.1, -0.05) is 0 Å². The van der Waals surface area contributed by atoms with Crippen LogP contribution in [0.15, 0.2) is 29.2 Å². The monoisotopic (exact) mass is 291 g/mol. The lowest BCUT2D eigenvalue weighted by molar-refractivity contribution is 0.336. The molecule has 6 heteroatoms. The summed E-state index contributed by atoms with van der Waals surface area (Å²) in [5.74, 6) is 0.415. The second-order valence-corrected chi connectivity index (χ2v) is 7.38. The first-order valence-corrected chi connectivity index (χ1v) is 8.22. The highest BCUT2D eigenvalue weighted by Crippen LogP contribution is 2.36. The summed E-state index contributed by atoms with van der Waals surface area (Å²) in [7, 11) is -3.48. The van der Waals surface area contributed by atoms with Crippen molar-refractivity contribution in [3.05, 3.63) is 29.8 Å². The molecular formula is C14H17N3O2S. The molecule has 0 spiro atoms. The number of fused-ring (bicyclic) bond motifs is 1. The van der Waals surface area contributed by atoms with E-state index in [9.17, 15) is 8.42 Å². The lowest BCUT2D eigenvalue weighted by Gasteiger charge is -2.26. The third kappa shape index (κ3) is 2.03. The van der Waals surface area contributed by atoms with Crippen LogP contribution in [0.3, 0.4) is 0 Å². The predicted molar refractivity (Wildman–Crippen MR) is 74.4 cm³/mol. The van der Waals surface area contributed by atoms with Crippen LogP contribution in [0.25, 0.3) is 0 Å². The molecular weight excluding hydrogens is 274 g/mol. The van der Waals surface area contributed by atoms with E-state index in [0.717, 1.165) is 19.5 Å². The molecule has 2 aliphatic rings. The van der Waals surface area contributed by atoms with Crippen LogP contribution in [0.4, 0.5) is 0 Å². The Morgan fingerprint density at radius 1 is 1.30 bits per heavy atom. The number of nitriles is 1. The van der Waals surface area contributed by atoms with Gasteiger partial charge in [0.2, 0.25) is 10.0 Å². The van der Waals surface area contributed by atoms with E-state index in [-0.39, 0.29) is 17.0 Å². The molecule has 20 heavy (non-hydrogen) atoms. The van der Waals surface area contributed by atoms with Gasteiger partial charge in [0, 0.05) is 18.6 Å². The van der Waals surface area contributed by atoms with Gasteiger partial charge >= 0.3 is 0 Å². The van der Waals surface area contributed by atoms with Gasteiger partial charge in [-0.05, 0) is 50.1 Å². The van der Waals surface area contributed by atoms with Crippen LogP contribution in [0.5, 0.6) is 0 Å². The van der Waals surface area contributed by atoms with Crippen molar-refractivity contribution in [1.29, 1.82) is 5.26 Å². The zero-order valence-corrected chi connectivity index (χ0v) is 12.1. The van der Waals surface area contributed by atoms with Gasteiger partial charge in [-0.2, -0.15) is 9.57 Å². The molecule has 0 amide bonds. The number of benzene rings is 1. The van der Waals surface area contributed by atoms with Crippen molar-refractivity contribution in [3.63, 3.8) is 0 Å². The van der Waals surface area contributed by atoms with E-state index in [0.29, 0.717) is 11.5 Å². The molecule has 0 saturated carbocycles. The van der Waals surface area contributed by atoms with Crippen LogP contribution < -0.4 is 5.32 Å². The smallest absolute Gasteiger partial charge is 0.243 e. The highest BCUT2D eigenvalue weighted by Gasteiger charge is 2.47. The normalized spacial score (nSPS) is 30.1. The van der Waals surface area contributed by atoms with Gasteiger partial charge in [0.25, 0.3) is 0 Å². The fourth-order valence-corrected chi connectivity index (χ4v) is 5.25. The Kier molecular flexibility index (Phi) is 3.28. The molecule has 0 aromatic heterocycles. The minimum atomic E-state index is -3.48. The molecule has 1 N–H and O–H groups in total. The molecule has 1 aromatic carbocycles. The summed E-state index contributed by atoms with van der Waals surface area (Å²) in [6, 6.07) is 8.25. The summed E-state index contributed by atoms with van der Waals surface area (Å²) in [4.78, 5) is 0.274. The average molecular weight is 291 g/mol. The van der Waals surface area contributed by atoms with E-state index in [1.165, 1.54) is 12.1 Å². The molecule has 3 rings (SSSR count).